The molecule has 0 saturated carbocycles. The third-order valence-corrected chi connectivity index (χ3v) is 2.56. The van der Waals surface area contributed by atoms with Crippen LogP contribution in [0.1, 0.15) is 19.3 Å². The molecule has 0 fully saturated rings. The smallest absolute Gasteiger partial charge is 0.328 e. The minimum absolute atomic E-state index is 0.272. The lowest BCUT2D eigenvalue weighted by Gasteiger charge is -2.16. The van der Waals surface area contributed by atoms with Gasteiger partial charge in [0.25, 0.3) is 0 Å². The Bertz CT molecular complexity index is 428. The molecule has 1 N–H and O–H groups in total. The Labute approximate surface area is 110 Å². The zero-order chi connectivity index (χ0) is 14.3. The molecular formula is C12H16N2O5. The average molecular weight is 268 g/mol. The number of carbonyl (C=O) groups excluding carboxylic acids is 3. The van der Waals surface area contributed by atoms with Gasteiger partial charge in [-0.05, 0) is 12.8 Å². The molecular weight excluding hydrogens is 252 g/mol. The summed E-state index contributed by atoms with van der Waals surface area (Å²) < 4.78 is 9.00. The van der Waals surface area contributed by atoms with E-state index >= 15 is 0 Å². The Morgan fingerprint density at radius 2 is 2.11 bits per heavy atom. The largest absolute Gasteiger partial charge is 0.469 e. The highest BCUT2D eigenvalue weighted by Crippen LogP contribution is 2.10. The van der Waals surface area contributed by atoms with Gasteiger partial charge in [0.1, 0.15) is 6.04 Å². The van der Waals surface area contributed by atoms with Crippen LogP contribution in [-0.4, -0.2) is 44.3 Å². The van der Waals surface area contributed by atoms with E-state index in [1.165, 1.54) is 20.4 Å². The Morgan fingerprint density at radius 3 is 2.63 bits per heavy atom. The van der Waals surface area contributed by atoms with Crippen molar-refractivity contribution in [1.29, 1.82) is 0 Å². The highest BCUT2D eigenvalue weighted by atomic mass is 16.5. The summed E-state index contributed by atoms with van der Waals surface area (Å²) in [6.45, 7) is 0. The Hall–Kier alpha value is -2.18. The molecule has 0 saturated heterocycles. The number of nitrogens with zero attached hydrogens (tertiary/aromatic N) is 1. The third-order valence-electron chi connectivity index (χ3n) is 2.56. The van der Waals surface area contributed by atoms with Crippen molar-refractivity contribution in [3.05, 3.63) is 11.8 Å². The van der Waals surface area contributed by atoms with Crippen LogP contribution in [0.4, 0.5) is 0 Å². The van der Waals surface area contributed by atoms with Crippen molar-refractivity contribution in [2.45, 2.75) is 25.3 Å². The zero-order valence-corrected chi connectivity index (χ0v) is 10.8. The van der Waals surface area contributed by atoms with Gasteiger partial charge in [0.2, 0.25) is 5.91 Å². The quantitative estimate of drug-likeness (QED) is 0.706. The van der Waals surface area contributed by atoms with Crippen LogP contribution in [0.3, 0.4) is 0 Å². The second-order valence-corrected chi connectivity index (χ2v) is 3.85. The fraction of sp³-hybridized carbons (Fsp3) is 0.500. The molecule has 0 bridgehead atoms. The van der Waals surface area contributed by atoms with Crippen LogP contribution in [0.15, 0.2) is 16.8 Å². The number of nitrogens with one attached hydrogen (secondary N) is 1. The van der Waals surface area contributed by atoms with Gasteiger partial charge in [0.15, 0.2) is 0 Å². The first kappa shape index (κ1) is 14.9. The monoisotopic (exact) mass is 268 g/mol. The summed E-state index contributed by atoms with van der Waals surface area (Å²) in [5.74, 6) is -1.74. The summed E-state index contributed by atoms with van der Waals surface area (Å²) in [4.78, 5) is 38.4. The van der Waals surface area contributed by atoms with Gasteiger partial charge >= 0.3 is 11.9 Å². The molecule has 1 unspecified atom stereocenters. The second kappa shape index (κ2) is 7.30. The van der Waals surface area contributed by atoms with E-state index in [0.717, 1.165) is 0 Å². The zero-order valence-electron chi connectivity index (χ0n) is 10.8. The van der Waals surface area contributed by atoms with Crippen LogP contribution >= 0.6 is 0 Å². The fourth-order valence-corrected chi connectivity index (χ4v) is 1.51. The molecule has 7 heteroatoms. The fourth-order valence-electron chi connectivity index (χ4n) is 1.51. The molecule has 0 aromatic heterocycles. The molecule has 1 heterocycles. The predicted molar refractivity (Wildman–Crippen MR) is 66.4 cm³/mol. The number of hydrogen-bond donors (Lipinski definition) is 1. The van der Waals surface area contributed by atoms with Gasteiger partial charge in [-0.3, -0.25) is 14.6 Å². The van der Waals surface area contributed by atoms with E-state index in [0.29, 0.717) is 18.4 Å². The maximum Gasteiger partial charge on any atom is 0.328 e. The van der Waals surface area contributed by atoms with Crippen molar-refractivity contribution in [3.8, 4) is 0 Å². The molecule has 0 aromatic carbocycles. The van der Waals surface area contributed by atoms with E-state index in [1.54, 1.807) is 6.21 Å². The number of esters is 2. The average Bonchev–Trinajstić information content (AvgIpc) is 2.46. The molecule has 0 spiro atoms. The van der Waals surface area contributed by atoms with Crippen molar-refractivity contribution in [2.24, 2.45) is 4.99 Å². The van der Waals surface area contributed by atoms with Gasteiger partial charge < -0.3 is 14.8 Å². The molecule has 0 radical (unpaired) electrons. The predicted octanol–water partition coefficient (Wildman–Crippen LogP) is -0.0442. The maximum absolute atomic E-state index is 11.9. The van der Waals surface area contributed by atoms with Gasteiger partial charge in [0, 0.05) is 18.0 Å². The summed E-state index contributed by atoms with van der Waals surface area (Å²) in [5, 5.41) is 2.45. The first-order valence-corrected chi connectivity index (χ1v) is 5.74. The van der Waals surface area contributed by atoms with Crippen molar-refractivity contribution in [2.75, 3.05) is 14.2 Å². The van der Waals surface area contributed by atoms with Gasteiger partial charge in [-0.1, -0.05) is 0 Å². The lowest BCUT2D eigenvalue weighted by atomic mass is 10.1. The van der Waals surface area contributed by atoms with Crippen LogP contribution in [-0.2, 0) is 23.9 Å². The van der Waals surface area contributed by atoms with E-state index < -0.39 is 23.9 Å². The highest BCUT2D eigenvalue weighted by molar-refractivity contribution is 5.97. The van der Waals surface area contributed by atoms with E-state index in [4.69, 9.17) is 0 Å². The number of methoxy groups -OCH3 is 2. The van der Waals surface area contributed by atoms with Crippen molar-refractivity contribution in [3.63, 3.8) is 0 Å². The Morgan fingerprint density at radius 1 is 1.37 bits per heavy atom. The van der Waals surface area contributed by atoms with E-state index in [9.17, 15) is 14.4 Å². The lowest BCUT2D eigenvalue weighted by Crippen LogP contribution is -2.43. The number of aliphatic imine (C=N–C) groups is 1. The van der Waals surface area contributed by atoms with E-state index in [2.05, 4.69) is 19.8 Å². The van der Waals surface area contributed by atoms with Gasteiger partial charge in [-0.25, -0.2) is 4.79 Å². The molecule has 1 amide bonds. The third kappa shape index (κ3) is 4.53. The summed E-state index contributed by atoms with van der Waals surface area (Å²) in [7, 11) is 2.39. The number of amides is 1. The molecule has 7 nitrogen and oxygen atoms in total. The molecule has 1 atom stereocenters. The minimum atomic E-state index is -1.06. The van der Waals surface area contributed by atoms with Crippen LogP contribution < -0.4 is 5.32 Å². The lowest BCUT2D eigenvalue weighted by molar-refractivity contribution is -0.150. The molecule has 1 aliphatic heterocycles. The Balaban J connectivity index is 2.68. The van der Waals surface area contributed by atoms with E-state index in [-0.39, 0.29) is 6.42 Å². The SMILES string of the molecule is COC(=O)CC(NC(=O)C1=CN=CCC1)C(=O)OC. The van der Waals surface area contributed by atoms with Crippen molar-refractivity contribution < 1.29 is 23.9 Å². The number of rotatable bonds is 5. The topological polar surface area (TPSA) is 94.1 Å². The summed E-state index contributed by atoms with van der Waals surface area (Å²) >= 11 is 0. The Kier molecular flexibility index (Phi) is 5.72. The number of hydrogen-bond acceptors (Lipinski definition) is 6. The number of carbonyl (C=O) groups is 3. The van der Waals surface area contributed by atoms with Crippen LogP contribution in [0.25, 0.3) is 0 Å². The molecule has 1 rings (SSSR count). The molecule has 1 aliphatic rings. The summed E-state index contributed by atoms with van der Waals surface area (Å²) in [5.41, 5.74) is 0.460. The molecule has 104 valence electrons. The molecule has 0 aliphatic carbocycles. The standard InChI is InChI=1S/C12H16N2O5/c1-18-10(15)6-9(12(17)19-2)14-11(16)8-4-3-5-13-7-8/h5,7,9H,3-4,6H2,1-2H3,(H,14,16). The minimum Gasteiger partial charge on any atom is -0.469 e. The highest BCUT2D eigenvalue weighted by Gasteiger charge is 2.26. The van der Waals surface area contributed by atoms with Crippen LogP contribution in [0, 0.1) is 0 Å². The summed E-state index contributed by atoms with van der Waals surface area (Å²) in [6.07, 6.45) is 4.07. The molecule has 19 heavy (non-hydrogen) atoms. The van der Waals surface area contributed by atoms with Gasteiger partial charge in [-0.15, -0.1) is 0 Å². The maximum atomic E-state index is 11.9. The van der Waals surface area contributed by atoms with Gasteiger partial charge in [0.05, 0.1) is 20.6 Å². The van der Waals surface area contributed by atoms with Crippen LogP contribution in [0.2, 0.25) is 0 Å². The van der Waals surface area contributed by atoms with Crippen molar-refractivity contribution in [1.82, 2.24) is 5.32 Å². The molecule has 0 aromatic rings. The second-order valence-electron chi connectivity index (χ2n) is 3.85. The van der Waals surface area contributed by atoms with Crippen LogP contribution in [0.5, 0.6) is 0 Å². The first-order chi connectivity index (χ1) is 9.08. The van der Waals surface area contributed by atoms with Gasteiger partial charge in [-0.2, -0.15) is 0 Å². The normalized spacial score (nSPS) is 15.2. The van der Waals surface area contributed by atoms with E-state index in [1.807, 2.05) is 0 Å². The summed E-state index contributed by atoms with van der Waals surface area (Å²) in [6, 6.07) is -1.06. The first-order valence-electron chi connectivity index (χ1n) is 5.74. The number of ether oxygens (including phenoxy) is 2. The van der Waals surface area contributed by atoms with Crippen molar-refractivity contribution >= 4 is 24.1 Å².